The molecule has 4 rings (SSSR count). The molecule has 1 amide bonds. The minimum Gasteiger partial charge on any atom is -0.467 e. The maximum Gasteiger partial charge on any atom is 0.311 e. The number of hydrogen-bond acceptors (Lipinski definition) is 5. The van der Waals surface area contributed by atoms with Gasteiger partial charge in [-0.1, -0.05) is 43.6 Å². The van der Waals surface area contributed by atoms with Crippen LogP contribution in [0.2, 0.25) is 5.02 Å². The predicted octanol–water partition coefficient (Wildman–Crippen LogP) is 4.82. The topological polar surface area (TPSA) is 65.1 Å². The largest absolute Gasteiger partial charge is 0.467 e. The lowest BCUT2D eigenvalue weighted by molar-refractivity contribution is -0.149. The third kappa shape index (κ3) is 4.55. The molecule has 2 atom stereocenters. The van der Waals surface area contributed by atoms with Crippen molar-refractivity contribution in [2.24, 2.45) is 5.92 Å². The molecule has 0 N–H and O–H groups in total. The van der Waals surface area contributed by atoms with E-state index in [0.717, 1.165) is 23.2 Å². The van der Waals surface area contributed by atoms with Crippen molar-refractivity contribution in [1.82, 2.24) is 0 Å². The third-order valence-corrected chi connectivity index (χ3v) is 6.17. The van der Waals surface area contributed by atoms with Crippen molar-refractivity contribution in [2.45, 2.75) is 45.8 Å². The number of rotatable bonds is 6. The number of carbonyl (C=O) groups is 2. The number of para-hydroxylation sites is 1. The Morgan fingerprint density at radius 3 is 2.94 bits per heavy atom. The van der Waals surface area contributed by atoms with E-state index in [0.29, 0.717) is 35.4 Å². The summed E-state index contributed by atoms with van der Waals surface area (Å²) in [5.74, 6) is 0.0239. The molecule has 0 unspecified atom stereocenters. The standard InChI is InChI=1S/C24H26ClNO5/c1-3-15(2)20-6-4-5-7-21(20)26-11-16(10-22(26)27)24(28)30-13-18-9-19(25)8-17-12-29-14-31-23(17)18/h4-9,15-16H,3,10-14H2,1-2H3/t15-,16+/m0/s1. The maximum atomic E-state index is 12.8. The molecule has 0 aliphatic carbocycles. The minimum atomic E-state index is -0.503. The van der Waals surface area contributed by atoms with Crippen molar-refractivity contribution < 1.29 is 23.8 Å². The van der Waals surface area contributed by atoms with E-state index in [2.05, 4.69) is 19.9 Å². The van der Waals surface area contributed by atoms with Crippen LogP contribution in [-0.2, 0) is 32.3 Å². The Hall–Kier alpha value is -2.57. The van der Waals surface area contributed by atoms with Gasteiger partial charge in [-0.05, 0) is 36.1 Å². The summed E-state index contributed by atoms with van der Waals surface area (Å²) in [7, 11) is 0. The van der Waals surface area contributed by atoms with E-state index in [-0.39, 0.29) is 25.7 Å². The molecule has 0 spiro atoms. The summed E-state index contributed by atoms with van der Waals surface area (Å²) in [5.41, 5.74) is 3.53. The van der Waals surface area contributed by atoms with Crippen molar-refractivity contribution in [3.63, 3.8) is 0 Å². The van der Waals surface area contributed by atoms with E-state index in [1.807, 2.05) is 18.2 Å². The Bertz CT molecular complexity index is 992. The van der Waals surface area contributed by atoms with Gasteiger partial charge in [-0.25, -0.2) is 0 Å². The van der Waals surface area contributed by atoms with Crippen molar-refractivity contribution in [1.29, 1.82) is 0 Å². The van der Waals surface area contributed by atoms with Crippen LogP contribution in [0.15, 0.2) is 36.4 Å². The Morgan fingerprint density at radius 1 is 1.32 bits per heavy atom. The van der Waals surface area contributed by atoms with Gasteiger partial charge in [0.25, 0.3) is 0 Å². The summed E-state index contributed by atoms with van der Waals surface area (Å²) < 4.78 is 16.4. The second kappa shape index (κ2) is 9.28. The van der Waals surface area contributed by atoms with Gasteiger partial charge in [0.2, 0.25) is 5.91 Å². The number of nitrogens with zero attached hydrogens (tertiary/aromatic N) is 1. The number of anilines is 1. The Kier molecular flexibility index (Phi) is 6.49. The average molecular weight is 444 g/mol. The van der Waals surface area contributed by atoms with Crippen LogP contribution in [0.3, 0.4) is 0 Å². The van der Waals surface area contributed by atoms with Gasteiger partial charge >= 0.3 is 5.97 Å². The smallest absolute Gasteiger partial charge is 0.311 e. The van der Waals surface area contributed by atoms with Crippen LogP contribution in [0.1, 0.15) is 49.3 Å². The molecule has 1 fully saturated rings. The van der Waals surface area contributed by atoms with E-state index in [1.54, 1.807) is 17.0 Å². The maximum absolute atomic E-state index is 12.8. The molecular formula is C24H26ClNO5. The van der Waals surface area contributed by atoms with E-state index in [1.165, 1.54) is 0 Å². The molecule has 2 heterocycles. The molecule has 164 valence electrons. The number of hydrogen-bond donors (Lipinski definition) is 0. The zero-order valence-electron chi connectivity index (χ0n) is 17.7. The second-order valence-electron chi connectivity index (χ2n) is 8.05. The summed E-state index contributed by atoms with van der Waals surface area (Å²) in [6.45, 7) is 5.18. The number of carbonyl (C=O) groups excluding carboxylic acids is 2. The zero-order valence-corrected chi connectivity index (χ0v) is 18.5. The number of benzene rings is 2. The molecule has 2 aromatic rings. The fourth-order valence-electron chi connectivity index (χ4n) is 4.10. The monoisotopic (exact) mass is 443 g/mol. The van der Waals surface area contributed by atoms with Crippen LogP contribution in [0.5, 0.6) is 5.75 Å². The highest BCUT2D eigenvalue weighted by molar-refractivity contribution is 6.30. The summed E-state index contributed by atoms with van der Waals surface area (Å²) in [4.78, 5) is 27.2. The summed E-state index contributed by atoms with van der Waals surface area (Å²) >= 11 is 6.18. The van der Waals surface area contributed by atoms with Gasteiger partial charge in [-0.15, -0.1) is 0 Å². The van der Waals surface area contributed by atoms with Gasteiger partial charge in [0.05, 0.1) is 12.5 Å². The molecule has 1 saturated heterocycles. The van der Waals surface area contributed by atoms with Gasteiger partial charge in [0.1, 0.15) is 12.4 Å². The molecule has 0 bridgehead atoms. The highest BCUT2D eigenvalue weighted by Crippen LogP contribution is 2.35. The minimum absolute atomic E-state index is 0.0376. The molecule has 0 aromatic heterocycles. The number of amides is 1. The van der Waals surface area contributed by atoms with Gasteiger partial charge in [0.15, 0.2) is 6.79 Å². The number of ether oxygens (including phenoxy) is 3. The van der Waals surface area contributed by atoms with Crippen LogP contribution in [0.25, 0.3) is 0 Å². The summed E-state index contributed by atoms with van der Waals surface area (Å²) in [6.07, 6.45) is 1.12. The van der Waals surface area contributed by atoms with E-state index in [4.69, 9.17) is 25.8 Å². The fourth-order valence-corrected chi connectivity index (χ4v) is 4.36. The van der Waals surface area contributed by atoms with E-state index < -0.39 is 11.9 Å². The number of fused-ring (bicyclic) bond motifs is 1. The van der Waals surface area contributed by atoms with Crippen LogP contribution >= 0.6 is 11.6 Å². The lowest BCUT2D eigenvalue weighted by Crippen LogP contribution is -2.27. The Labute approximate surface area is 187 Å². The van der Waals surface area contributed by atoms with E-state index >= 15 is 0 Å². The van der Waals surface area contributed by atoms with Crippen molar-refractivity contribution in [3.05, 3.63) is 58.1 Å². The lowest BCUT2D eigenvalue weighted by Gasteiger charge is -2.23. The van der Waals surface area contributed by atoms with Gasteiger partial charge in [-0.2, -0.15) is 0 Å². The SMILES string of the molecule is CC[C@H](C)c1ccccc1N1C[C@H](C(=O)OCc2cc(Cl)cc3c2OCOC3)CC1=O. The van der Waals surface area contributed by atoms with Gasteiger partial charge in [-0.3, -0.25) is 9.59 Å². The van der Waals surface area contributed by atoms with E-state index in [9.17, 15) is 9.59 Å². The molecule has 6 nitrogen and oxygen atoms in total. The first-order chi connectivity index (χ1) is 15.0. The molecule has 2 aromatic carbocycles. The molecule has 7 heteroatoms. The van der Waals surface area contributed by atoms with Crippen molar-refractivity contribution in [2.75, 3.05) is 18.2 Å². The first kappa shape index (κ1) is 21.7. The first-order valence-corrected chi connectivity index (χ1v) is 10.9. The second-order valence-corrected chi connectivity index (χ2v) is 8.48. The highest BCUT2D eigenvalue weighted by Gasteiger charge is 2.37. The quantitative estimate of drug-likeness (QED) is 0.599. The van der Waals surface area contributed by atoms with Gasteiger partial charge in [0, 0.05) is 34.8 Å². The lowest BCUT2D eigenvalue weighted by atomic mass is 9.96. The van der Waals surface area contributed by atoms with Crippen LogP contribution in [0, 0.1) is 5.92 Å². The molecule has 0 saturated carbocycles. The Balaban J connectivity index is 1.45. The number of halogens is 1. The molecule has 31 heavy (non-hydrogen) atoms. The summed E-state index contributed by atoms with van der Waals surface area (Å²) in [6, 6.07) is 11.4. The molecular weight excluding hydrogens is 418 g/mol. The Morgan fingerprint density at radius 2 is 2.13 bits per heavy atom. The van der Waals surface area contributed by atoms with Crippen LogP contribution in [-0.4, -0.2) is 25.2 Å². The third-order valence-electron chi connectivity index (χ3n) is 5.95. The van der Waals surface area contributed by atoms with Gasteiger partial charge < -0.3 is 19.1 Å². The van der Waals surface area contributed by atoms with Crippen LogP contribution < -0.4 is 9.64 Å². The first-order valence-electron chi connectivity index (χ1n) is 10.6. The zero-order chi connectivity index (χ0) is 22.0. The molecule has 2 aliphatic heterocycles. The fraction of sp³-hybridized carbons (Fsp3) is 0.417. The number of esters is 1. The molecule has 2 aliphatic rings. The summed E-state index contributed by atoms with van der Waals surface area (Å²) in [5, 5.41) is 0.530. The van der Waals surface area contributed by atoms with Crippen molar-refractivity contribution in [3.8, 4) is 5.75 Å². The normalized spacial score (nSPS) is 19.0. The van der Waals surface area contributed by atoms with Crippen molar-refractivity contribution >= 4 is 29.2 Å². The predicted molar refractivity (Wildman–Crippen MR) is 117 cm³/mol. The molecule has 0 radical (unpaired) electrons. The van der Waals surface area contributed by atoms with Crippen LogP contribution in [0.4, 0.5) is 5.69 Å². The average Bonchev–Trinajstić information content (AvgIpc) is 3.18. The highest BCUT2D eigenvalue weighted by atomic mass is 35.5.